The van der Waals surface area contributed by atoms with E-state index < -0.39 is 11.6 Å². The standard InChI is InChI=1S/C20H16F2IN/c1-12-9-16(21)19(17(22)10-12)20-15(14-7-5-4-6-8-14)11-18(23)13(2)24(20)3/h4-11H,2H2,1,3H3. The normalized spacial score (nSPS) is 15.0. The van der Waals surface area contributed by atoms with Crippen molar-refractivity contribution in [2.24, 2.45) is 0 Å². The van der Waals surface area contributed by atoms with Crippen LogP contribution < -0.4 is 0 Å². The summed E-state index contributed by atoms with van der Waals surface area (Å²) in [4.78, 5) is 1.75. The molecule has 4 heteroatoms. The summed E-state index contributed by atoms with van der Waals surface area (Å²) < 4.78 is 30.2. The third-order valence-corrected chi connectivity index (χ3v) is 4.98. The molecule has 3 rings (SSSR count). The molecule has 0 spiro atoms. The van der Waals surface area contributed by atoms with Crippen LogP contribution >= 0.6 is 22.6 Å². The van der Waals surface area contributed by atoms with Gasteiger partial charge in [0, 0.05) is 21.9 Å². The number of allylic oxidation sites excluding steroid dienone is 3. The van der Waals surface area contributed by atoms with E-state index in [2.05, 4.69) is 29.2 Å². The van der Waals surface area contributed by atoms with Crippen molar-refractivity contribution in [1.29, 1.82) is 0 Å². The molecule has 24 heavy (non-hydrogen) atoms. The van der Waals surface area contributed by atoms with Gasteiger partial charge in [0.15, 0.2) is 0 Å². The molecule has 1 heterocycles. The molecule has 1 aliphatic heterocycles. The molecule has 0 saturated carbocycles. The predicted octanol–water partition coefficient (Wildman–Crippen LogP) is 5.92. The maximum atomic E-state index is 14.6. The van der Waals surface area contributed by atoms with Crippen LogP contribution in [0.2, 0.25) is 0 Å². The Balaban J connectivity index is 2.36. The summed E-state index contributed by atoms with van der Waals surface area (Å²) in [5, 5.41) is 0. The highest BCUT2D eigenvalue weighted by Crippen LogP contribution is 2.41. The lowest BCUT2D eigenvalue weighted by Crippen LogP contribution is -2.22. The Morgan fingerprint density at radius 2 is 1.62 bits per heavy atom. The number of benzene rings is 2. The molecule has 0 amide bonds. The van der Waals surface area contributed by atoms with Crippen LogP contribution in [-0.2, 0) is 0 Å². The first-order valence-corrected chi connectivity index (χ1v) is 8.54. The highest BCUT2D eigenvalue weighted by atomic mass is 127. The molecule has 122 valence electrons. The monoisotopic (exact) mass is 435 g/mol. The van der Waals surface area contributed by atoms with Gasteiger partial charge in [-0.1, -0.05) is 36.9 Å². The summed E-state index contributed by atoms with van der Waals surface area (Å²) in [6, 6.07) is 12.3. The summed E-state index contributed by atoms with van der Waals surface area (Å²) in [7, 11) is 1.78. The third-order valence-electron chi connectivity index (χ3n) is 4.05. The number of aryl methyl sites for hydroxylation is 1. The Hall–Kier alpha value is -1.95. The summed E-state index contributed by atoms with van der Waals surface area (Å²) in [5.74, 6) is -1.14. The van der Waals surface area contributed by atoms with E-state index in [4.69, 9.17) is 0 Å². The molecular weight excluding hydrogens is 419 g/mol. The zero-order valence-electron chi connectivity index (χ0n) is 13.4. The van der Waals surface area contributed by atoms with Gasteiger partial charge in [-0.3, -0.25) is 0 Å². The van der Waals surface area contributed by atoms with Gasteiger partial charge < -0.3 is 4.90 Å². The second-order valence-electron chi connectivity index (χ2n) is 5.73. The number of rotatable bonds is 2. The van der Waals surface area contributed by atoms with Gasteiger partial charge in [-0.2, -0.15) is 0 Å². The van der Waals surface area contributed by atoms with Crippen LogP contribution in [0, 0.1) is 18.6 Å². The number of hydrogen-bond donors (Lipinski definition) is 0. The number of likely N-dealkylation sites (N-methyl/N-ethyl adjacent to an activating group) is 1. The Bertz CT molecular complexity index is 859. The molecule has 1 nitrogen and oxygen atoms in total. The van der Waals surface area contributed by atoms with Crippen LogP contribution in [0.4, 0.5) is 8.78 Å². The summed E-state index contributed by atoms with van der Waals surface area (Å²) in [5.41, 5.74) is 3.41. The molecule has 1 aliphatic rings. The van der Waals surface area contributed by atoms with Gasteiger partial charge in [-0.15, -0.1) is 0 Å². The predicted molar refractivity (Wildman–Crippen MR) is 103 cm³/mol. The first kappa shape index (κ1) is 16.9. The van der Waals surface area contributed by atoms with E-state index in [1.807, 2.05) is 36.4 Å². The lowest BCUT2D eigenvalue weighted by Gasteiger charge is -2.31. The SMILES string of the molecule is C=C1C(I)=CC(c2ccccc2)=C(c2c(F)cc(C)cc2F)N1C. The minimum Gasteiger partial charge on any atom is -0.343 e. The zero-order valence-corrected chi connectivity index (χ0v) is 15.6. The van der Waals surface area contributed by atoms with Gasteiger partial charge in [0.1, 0.15) is 11.6 Å². The van der Waals surface area contributed by atoms with Gasteiger partial charge in [0.2, 0.25) is 0 Å². The molecule has 2 aromatic carbocycles. The number of halogens is 3. The maximum absolute atomic E-state index is 14.6. The van der Waals surface area contributed by atoms with Crippen molar-refractivity contribution in [2.75, 3.05) is 7.05 Å². The minimum absolute atomic E-state index is 0.0248. The zero-order chi connectivity index (χ0) is 17.4. The second kappa shape index (κ2) is 6.51. The number of hydrogen-bond acceptors (Lipinski definition) is 1. The Morgan fingerprint density at radius 3 is 2.21 bits per heavy atom. The van der Waals surface area contributed by atoms with E-state index in [0.29, 0.717) is 17.0 Å². The largest absolute Gasteiger partial charge is 0.343 e. The Kier molecular flexibility index (Phi) is 4.58. The Morgan fingerprint density at radius 1 is 1.04 bits per heavy atom. The van der Waals surface area contributed by atoms with Gasteiger partial charge in [0.25, 0.3) is 0 Å². The fourth-order valence-electron chi connectivity index (χ4n) is 2.82. The van der Waals surface area contributed by atoms with Crippen molar-refractivity contribution >= 4 is 33.9 Å². The highest BCUT2D eigenvalue weighted by Gasteiger charge is 2.27. The van der Waals surface area contributed by atoms with Crippen LogP contribution in [-0.4, -0.2) is 11.9 Å². The molecule has 2 aromatic rings. The maximum Gasteiger partial charge on any atom is 0.135 e. The van der Waals surface area contributed by atoms with Crippen molar-refractivity contribution in [3.63, 3.8) is 0 Å². The lowest BCUT2D eigenvalue weighted by atomic mass is 9.94. The second-order valence-corrected chi connectivity index (χ2v) is 6.89. The van der Waals surface area contributed by atoms with Gasteiger partial charge in [-0.25, -0.2) is 8.78 Å². The van der Waals surface area contributed by atoms with Crippen LogP contribution in [0.1, 0.15) is 16.7 Å². The molecule has 0 bridgehead atoms. The van der Waals surface area contributed by atoms with E-state index in [9.17, 15) is 8.78 Å². The fourth-order valence-corrected chi connectivity index (χ4v) is 3.49. The quantitative estimate of drug-likeness (QED) is 0.530. The molecular formula is C20H16F2IN. The first-order valence-electron chi connectivity index (χ1n) is 7.46. The summed E-state index contributed by atoms with van der Waals surface area (Å²) in [6.07, 6.45) is 1.92. The van der Waals surface area contributed by atoms with E-state index >= 15 is 0 Å². The van der Waals surface area contributed by atoms with E-state index in [1.165, 1.54) is 12.1 Å². The first-order chi connectivity index (χ1) is 11.4. The van der Waals surface area contributed by atoms with E-state index in [-0.39, 0.29) is 5.56 Å². The molecule has 0 unspecified atom stereocenters. The molecule has 0 aromatic heterocycles. The fraction of sp³-hybridized carbons (Fsp3) is 0.100. The highest BCUT2D eigenvalue weighted by molar-refractivity contribution is 14.1. The molecule has 0 radical (unpaired) electrons. The topological polar surface area (TPSA) is 3.24 Å². The van der Waals surface area contributed by atoms with Crippen LogP contribution in [0.25, 0.3) is 11.3 Å². The smallest absolute Gasteiger partial charge is 0.135 e. The van der Waals surface area contributed by atoms with Crippen molar-refractivity contribution in [3.05, 3.63) is 92.7 Å². The Labute approximate surface area is 154 Å². The van der Waals surface area contributed by atoms with Crippen molar-refractivity contribution < 1.29 is 8.78 Å². The molecule has 0 atom stereocenters. The average molecular weight is 435 g/mol. The summed E-state index contributed by atoms with van der Waals surface area (Å²) in [6.45, 7) is 5.70. The van der Waals surface area contributed by atoms with Crippen LogP contribution in [0.15, 0.2) is 64.4 Å². The molecule has 0 N–H and O–H groups in total. The van der Waals surface area contributed by atoms with Crippen LogP contribution in [0.5, 0.6) is 0 Å². The van der Waals surface area contributed by atoms with Crippen molar-refractivity contribution in [2.45, 2.75) is 6.92 Å². The van der Waals surface area contributed by atoms with Crippen molar-refractivity contribution in [3.8, 4) is 0 Å². The average Bonchev–Trinajstić information content (AvgIpc) is 2.54. The van der Waals surface area contributed by atoms with E-state index in [0.717, 1.165) is 14.7 Å². The van der Waals surface area contributed by atoms with Gasteiger partial charge in [0.05, 0.1) is 11.3 Å². The minimum atomic E-state index is -0.569. The molecule has 0 aliphatic carbocycles. The van der Waals surface area contributed by atoms with Crippen molar-refractivity contribution in [1.82, 2.24) is 4.90 Å². The lowest BCUT2D eigenvalue weighted by molar-refractivity contribution is 0.549. The van der Waals surface area contributed by atoms with Gasteiger partial charge >= 0.3 is 0 Å². The molecule has 0 saturated heterocycles. The van der Waals surface area contributed by atoms with Crippen LogP contribution in [0.3, 0.4) is 0 Å². The molecule has 0 fully saturated rings. The van der Waals surface area contributed by atoms with Gasteiger partial charge in [-0.05, 0) is 58.9 Å². The van der Waals surface area contributed by atoms with E-state index in [1.54, 1.807) is 18.9 Å². The number of nitrogens with zero attached hydrogens (tertiary/aromatic N) is 1. The summed E-state index contributed by atoms with van der Waals surface area (Å²) >= 11 is 2.19. The third kappa shape index (κ3) is 2.90.